The number of para-hydroxylation sites is 1. The third kappa shape index (κ3) is 3.50. The fraction of sp³-hybridized carbons (Fsp3) is 0.273. The van der Waals surface area contributed by atoms with E-state index in [0.717, 1.165) is 35.7 Å². The molecule has 1 fully saturated rings. The Morgan fingerprint density at radius 3 is 2.46 bits per heavy atom. The van der Waals surface area contributed by atoms with Crippen LogP contribution in [0.1, 0.15) is 39.3 Å². The molecule has 0 spiro atoms. The number of piperidine rings is 1. The zero-order valence-corrected chi connectivity index (χ0v) is 16.1. The first-order valence-corrected chi connectivity index (χ1v) is 9.79. The molecular formula is C22H21ClN2O3. The Morgan fingerprint density at radius 1 is 1.07 bits per heavy atom. The minimum Gasteiger partial charge on any atom is -0.478 e. The summed E-state index contributed by atoms with van der Waals surface area (Å²) in [5, 5.41) is 10.7. The summed E-state index contributed by atoms with van der Waals surface area (Å²) in [7, 11) is 0. The van der Waals surface area contributed by atoms with E-state index in [9.17, 15) is 14.7 Å². The molecule has 0 aliphatic carbocycles. The van der Waals surface area contributed by atoms with Crippen molar-refractivity contribution in [1.29, 1.82) is 0 Å². The average Bonchev–Trinajstić information content (AvgIpc) is 3.05. The second-order valence-corrected chi connectivity index (χ2v) is 7.64. The van der Waals surface area contributed by atoms with Crippen molar-refractivity contribution < 1.29 is 14.7 Å². The molecule has 2 N–H and O–H groups in total. The second-order valence-electron chi connectivity index (χ2n) is 7.26. The van der Waals surface area contributed by atoms with E-state index in [4.69, 9.17) is 11.6 Å². The summed E-state index contributed by atoms with van der Waals surface area (Å²) in [6.07, 6.45) is 2.41. The topological polar surface area (TPSA) is 73.4 Å². The fourth-order valence-corrected chi connectivity index (χ4v) is 4.26. The highest BCUT2D eigenvalue weighted by atomic mass is 35.5. The molecule has 1 aromatic heterocycles. The van der Waals surface area contributed by atoms with Crippen LogP contribution in [0.4, 0.5) is 0 Å². The smallest absolute Gasteiger partial charge is 0.335 e. The molecule has 144 valence electrons. The number of likely N-dealkylation sites (tertiary alicyclic amines) is 1. The number of H-pyrrole nitrogens is 1. The van der Waals surface area contributed by atoms with Crippen molar-refractivity contribution in [2.24, 2.45) is 5.92 Å². The number of fused-ring (bicyclic) bond motifs is 1. The zero-order chi connectivity index (χ0) is 19.7. The quantitative estimate of drug-likeness (QED) is 0.676. The maximum absolute atomic E-state index is 12.9. The number of halogens is 1. The van der Waals surface area contributed by atoms with Gasteiger partial charge in [0.05, 0.1) is 10.6 Å². The van der Waals surface area contributed by atoms with Crippen LogP contribution in [-0.2, 0) is 6.42 Å². The standard InChI is InChI=1S/C22H21ClN2O3/c23-19-17-7-3-4-8-18(17)24-20(19)21(26)25-11-9-14(10-12-25)13-15-5-1-2-6-16(15)22(27)28/h1-8,14,24H,9-13H2,(H,27,28). The van der Waals surface area contributed by atoms with Crippen molar-refractivity contribution in [3.05, 3.63) is 70.4 Å². The van der Waals surface area contributed by atoms with Crippen molar-refractivity contribution in [1.82, 2.24) is 9.88 Å². The largest absolute Gasteiger partial charge is 0.478 e. The Balaban J connectivity index is 1.43. The van der Waals surface area contributed by atoms with E-state index in [1.54, 1.807) is 12.1 Å². The molecule has 2 aromatic carbocycles. The molecule has 3 aromatic rings. The maximum Gasteiger partial charge on any atom is 0.335 e. The molecule has 6 heteroatoms. The lowest BCUT2D eigenvalue weighted by Gasteiger charge is -2.32. The van der Waals surface area contributed by atoms with Crippen LogP contribution in [0, 0.1) is 5.92 Å². The summed E-state index contributed by atoms with van der Waals surface area (Å²) in [4.78, 5) is 29.3. The zero-order valence-electron chi connectivity index (χ0n) is 15.3. The number of nitrogens with zero attached hydrogens (tertiary/aromatic N) is 1. The molecule has 2 heterocycles. The molecular weight excluding hydrogens is 376 g/mol. The predicted octanol–water partition coefficient (Wildman–Crippen LogP) is 4.61. The maximum atomic E-state index is 12.9. The number of hydrogen-bond acceptors (Lipinski definition) is 2. The van der Waals surface area contributed by atoms with Crippen LogP contribution < -0.4 is 0 Å². The van der Waals surface area contributed by atoms with Crippen LogP contribution >= 0.6 is 11.6 Å². The number of carbonyl (C=O) groups excluding carboxylic acids is 1. The molecule has 4 rings (SSSR count). The summed E-state index contributed by atoms with van der Waals surface area (Å²) in [6.45, 7) is 1.29. The van der Waals surface area contributed by atoms with E-state index < -0.39 is 5.97 Å². The molecule has 1 amide bonds. The van der Waals surface area contributed by atoms with E-state index in [0.29, 0.717) is 35.3 Å². The molecule has 1 saturated heterocycles. The van der Waals surface area contributed by atoms with Gasteiger partial charge in [0.1, 0.15) is 5.69 Å². The summed E-state index contributed by atoms with van der Waals surface area (Å²) in [6, 6.07) is 14.8. The van der Waals surface area contributed by atoms with Gasteiger partial charge < -0.3 is 15.0 Å². The highest BCUT2D eigenvalue weighted by Crippen LogP contribution is 2.30. The van der Waals surface area contributed by atoms with E-state index in [2.05, 4.69) is 4.98 Å². The molecule has 0 radical (unpaired) electrons. The first kappa shape index (κ1) is 18.6. The van der Waals surface area contributed by atoms with Crippen molar-refractivity contribution in [3.8, 4) is 0 Å². The molecule has 5 nitrogen and oxygen atoms in total. The third-order valence-electron chi connectivity index (χ3n) is 5.51. The molecule has 0 unspecified atom stereocenters. The summed E-state index contributed by atoms with van der Waals surface area (Å²) < 4.78 is 0. The summed E-state index contributed by atoms with van der Waals surface area (Å²) in [5.74, 6) is -0.606. The fourth-order valence-electron chi connectivity index (χ4n) is 3.97. The molecule has 0 saturated carbocycles. The van der Waals surface area contributed by atoms with Crippen LogP contribution in [0.2, 0.25) is 5.02 Å². The van der Waals surface area contributed by atoms with Gasteiger partial charge in [0.15, 0.2) is 0 Å². The van der Waals surface area contributed by atoms with Gasteiger partial charge in [-0.2, -0.15) is 0 Å². The van der Waals surface area contributed by atoms with Crippen LogP contribution in [0.15, 0.2) is 48.5 Å². The number of aromatic amines is 1. The number of carbonyl (C=O) groups is 2. The van der Waals surface area contributed by atoms with Crippen LogP contribution in [-0.4, -0.2) is 40.0 Å². The number of aromatic nitrogens is 1. The Hall–Kier alpha value is -2.79. The molecule has 0 atom stereocenters. The van der Waals surface area contributed by atoms with Crippen molar-refractivity contribution >= 4 is 34.4 Å². The number of carboxylic acids is 1. The number of nitrogens with one attached hydrogen (secondary N) is 1. The minimum atomic E-state index is -0.892. The van der Waals surface area contributed by atoms with E-state index in [1.165, 1.54) is 0 Å². The molecule has 28 heavy (non-hydrogen) atoms. The number of benzene rings is 2. The van der Waals surface area contributed by atoms with Gasteiger partial charge in [0, 0.05) is 24.0 Å². The van der Waals surface area contributed by atoms with Crippen molar-refractivity contribution in [2.45, 2.75) is 19.3 Å². The summed E-state index contributed by atoms with van der Waals surface area (Å²) in [5.41, 5.74) is 2.53. The normalized spacial score (nSPS) is 15.1. The van der Waals surface area contributed by atoms with E-state index >= 15 is 0 Å². The van der Waals surface area contributed by atoms with E-state index in [1.807, 2.05) is 41.3 Å². The van der Waals surface area contributed by atoms with Gasteiger partial charge >= 0.3 is 5.97 Å². The van der Waals surface area contributed by atoms with E-state index in [-0.39, 0.29) is 5.91 Å². The number of hydrogen-bond donors (Lipinski definition) is 2. The van der Waals surface area contributed by atoms with Crippen molar-refractivity contribution in [2.75, 3.05) is 13.1 Å². The van der Waals surface area contributed by atoms with Crippen LogP contribution in [0.25, 0.3) is 10.9 Å². The third-order valence-corrected chi connectivity index (χ3v) is 5.91. The van der Waals surface area contributed by atoms with Gasteiger partial charge in [0.2, 0.25) is 0 Å². The van der Waals surface area contributed by atoms with Crippen LogP contribution in [0.5, 0.6) is 0 Å². The molecule has 0 bridgehead atoms. The van der Waals surface area contributed by atoms with Gasteiger partial charge in [-0.25, -0.2) is 4.79 Å². The SMILES string of the molecule is O=C(O)c1ccccc1CC1CCN(C(=O)c2[nH]c3ccccc3c2Cl)CC1. The Kier molecular flexibility index (Phi) is 5.09. The lowest BCUT2D eigenvalue weighted by Crippen LogP contribution is -2.39. The van der Waals surface area contributed by atoms with Gasteiger partial charge in [-0.3, -0.25) is 4.79 Å². The van der Waals surface area contributed by atoms with Crippen molar-refractivity contribution in [3.63, 3.8) is 0 Å². The number of amides is 1. The van der Waals surface area contributed by atoms with Gasteiger partial charge in [0.25, 0.3) is 5.91 Å². The number of rotatable bonds is 4. The number of carboxylic acid groups (broad SMARTS) is 1. The van der Waals surface area contributed by atoms with Gasteiger partial charge in [-0.15, -0.1) is 0 Å². The number of aromatic carboxylic acids is 1. The predicted molar refractivity (Wildman–Crippen MR) is 109 cm³/mol. The van der Waals surface area contributed by atoms with Gasteiger partial charge in [-0.1, -0.05) is 48.0 Å². The minimum absolute atomic E-state index is 0.0782. The van der Waals surface area contributed by atoms with Crippen LogP contribution in [0.3, 0.4) is 0 Å². The second kappa shape index (κ2) is 7.68. The average molecular weight is 397 g/mol. The highest BCUT2D eigenvalue weighted by molar-refractivity contribution is 6.38. The first-order valence-electron chi connectivity index (χ1n) is 9.41. The lowest BCUT2D eigenvalue weighted by atomic mass is 9.88. The molecule has 1 aliphatic heterocycles. The Bertz CT molecular complexity index is 1040. The van der Waals surface area contributed by atoms with Gasteiger partial charge in [-0.05, 0) is 42.9 Å². The monoisotopic (exact) mass is 396 g/mol. The first-order chi connectivity index (χ1) is 13.5. The Labute approximate surface area is 167 Å². The Morgan fingerprint density at radius 2 is 1.75 bits per heavy atom. The molecule has 1 aliphatic rings. The highest BCUT2D eigenvalue weighted by Gasteiger charge is 2.27. The summed E-state index contributed by atoms with van der Waals surface area (Å²) >= 11 is 6.42. The lowest BCUT2D eigenvalue weighted by molar-refractivity contribution is 0.0685.